The quantitative estimate of drug-likeness (QED) is 0.453. The first-order valence-electron chi connectivity index (χ1n) is 7.43. The number of aryl methyl sites for hydroxylation is 1. The number of rotatable bonds is 6. The fourth-order valence-electron chi connectivity index (χ4n) is 2.31. The highest BCUT2D eigenvalue weighted by molar-refractivity contribution is 6.13. The van der Waals surface area contributed by atoms with Gasteiger partial charge in [-0.3, -0.25) is 25.0 Å². The zero-order valence-electron chi connectivity index (χ0n) is 13.9. The summed E-state index contributed by atoms with van der Waals surface area (Å²) in [4.78, 5) is 46.5. The molecule has 0 aliphatic heterocycles. The number of nitro benzene ring substituents is 1. The molecule has 10 heteroatoms. The fraction of sp³-hybridized carbons (Fsp3) is 0.188. The second-order valence-electron chi connectivity index (χ2n) is 5.05. The maximum Gasteiger partial charge on any atom is 0.342 e. The third-order valence-electron chi connectivity index (χ3n) is 3.38. The summed E-state index contributed by atoms with van der Waals surface area (Å²) in [6.07, 6.45) is 0. The molecule has 1 aromatic carbocycles. The molecule has 2 amide bonds. The number of para-hydroxylation sites is 1. The lowest BCUT2D eigenvalue weighted by Gasteiger charge is -2.05. The van der Waals surface area contributed by atoms with Gasteiger partial charge in [0.05, 0.1) is 11.5 Å². The van der Waals surface area contributed by atoms with Crippen LogP contribution in [0.15, 0.2) is 28.7 Å². The van der Waals surface area contributed by atoms with Gasteiger partial charge in [-0.05, 0) is 19.9 Å². The minimum Gasteiger partial charge on any atom is -0.462 e. The Hall–Kier alpha value is -3.69. The summed E-state index contributed by atoms with van der Waals surface area (Å²) in [6.45, 7) is 3.02. The summed E-state index contributed by atoms with van der Waals surface area (Å²) >= 11 is 0. The van der Waals surface area contributed by atoms with Crippen molar-refractivity contribution in [2.75, 3.05) is 11.9 Å². The number of hydrogen-bond acceptors (Lipinski definition) is 7. The highest BCUT2D eigenvalue weighted by atomic mass is 16.6. The van der Waals surface area contributed by atoms with E-state index >= 15 is 0 Å². The summed E-state index contributed by atoms with van der Waals surface area (Å²) in [6, 6.07) is 5.23. The largest absolute Gasteiger partial charge is 0.462 e. The molecule has 1 heterocycles. The van der Waals surface area contributed by atoms with Crippen molar-refractivity contribution >= 4 is 29.4 Å². The Morgan fingerprint density at radius 2 is 1.92 bits per heavy atom. The molecule has 26 heavy (non-hydrogen) atoms. The van der Waals surface area contributed by atoms with E-state index in [1.165, 1.54) is 25.1 Å². The van der Waals surface area contributed by atoms with Crippen LogP contribution in [-0.4, -0.2) is 29.3 Å². The van der Waals surface area contributed by atoms with E-state index in [0.29, 0.717) is 0 Å². The summed E-state index contributed by atoms with van der Waals surface area (Å²) in [5.41, 5.74) is 4.03. The number of hydrogen-bond donors (Lipinski definition) is 2. The van der Waals surface area contributed by atoms with E-state index in [1.807, 2.05) is 0 Å². The normalized spacial score (nSPS) is 10.2. The van der Waals surface area contributed by atoms with Crippen molar-refractivity contribution in [3.8, 4) is 0 Å². The molecule has 0 bridgehead atoms. The van der Waals surface area contributed by atoms with Crippen LogP contribution in [0, 0.1) is 17.0 Å². The van der Waals surface area contributed by atoms with Crippen LogP contribution in [0.4, 0.5) is 11.6 Å². The van der Waals surface area contributed by atoms with Crippen molar-refractivity contribution in [3.63, 3.8) is 0 Å². The summed E-state index contributed by atoms with van der Waals surface area (Å²) in [5, 5.41) is 13.3. The monoisotopic (exact) mass is 361 g/mol. The van der Waals surface area contributed by atoms with Gasteiger partial charge in [-0.25, -0.2) is 4.79 Å². The lowest BCUT2D eigenvalue weighted by Crippen LogP contribution is -2.20. The van der Waals surface area contributed by atoms with Crippen molar-refractivity contribution in [1.29, 1.82) is 0 Å². The molecule has 0 atom stereocenters. The average Bonchev–Trinajstić information content (AvgIpc) is 2.91. The van der Waals surface area contributed by atoms with Gasteiger partial charge in [-0.1, -0.05) is 12.1 Å². The highest BCUT2D eigenvalue weighted by Gasteiger charge is 2.30. The van der Waals surface area contributed by atoms with Crippen LogP contribution < -0.4 is 11.1 Å². The number of nitrogens with two attached hydrogens (primary N) is 1. The first-order valence-corrected chi connectivity index (χ1v) is 7.43. The van der Waals surface area contributed by atoms with E-state index in [0.717, 1.165) is 6.07 Å². The number of anilines is 1. The van der Waals surface area contributed by atoms with Crippen LogP contribution in [0.2, 0.25) is 0 Å². The molecule has 10 nitrogen and oxygen atoms in total. The highest BCUT2D eigenvalue weighted by Crippen LogP contribution is 2.29. The molecule has 3 N–H and O–H groups in total. The lowest BCUT2D eigenvalue weighted by molar-refractivity contribution is -0.385. The predicted octanol–water partition coefficient (Wildman–Crippen LogP) is 2.02. The maximum atomic E-state index is 12.4. The Labute approximate surface area is 147 Å². The Bertz CT molecular complexity index is 901. The molecular formula is C16H15N3O7. The van der Waals surface area contributed by atoms with E-state index in [1.54, 1.807) is 6.92 Å². The molecule has 0 spiro atoms. The Morgan fingerprint density at radius 1 is 1.27 bits per heavy atom. The summed E-state index contributed by atoms with van der Waals surface area (Å²) in [7, 11) is 0. The number of esters is 1. The molecule has 0 saturated carbocycles. The number of benzene rings is 1. The molecule has 0 aliphatic carbocycles. The minimum atomic E-state index is -1.03. The van der Waals surface area contributed by atoms with Gasteiger partial charge in [0, 0.05) is 6.07 Å². The molecule has 0 fully saturated rings. The zero-order valence-corrected chi connectivity index (χ0v) is 13.9. The van der Waals surface area contributed by atoms with Crippen LogP contribution in [-0.2, 0) is 4.74 Å². The van der Waals surface area contributed by atoms with Crippen molar-refractivity contribution in [2.45, 2.75) is 13.8 Å². The minimum absolute atomic E-state index is 0.00936. The number of primary amides is 1. The van der Waals surface area contributed by atoms with Gasteiger partial charge in [0.2, 0.25) is 5.88 Å². The number of carbonyl (C=O) groups is 3. The van der Waals surface area contributed by atoms with Crippen LogP contribution >= 0.6 is 0 Å². The van der Waals surface area contributed by atoms with Gasteiger partial charge in [-0.15, -0.1) is 0 Å². The molecular weight excluding hydrogens is 346 g/mol. The van der Waals surface area contributed by atoms with Crippen molar-refractivity contribution in [1.82, 2.24) is 0 Å². The number of nitrogens with zero attached hydrogens (tertiary/aromatic N) is 1. The van der Waals surface area contributed by atoms with E-state index in [2.05, 4.69) is 5.32 Å². The van der Waals surface area contributed by atoms with E-state index in [9.17, 15) is 24.5 Å². The van der Waals surface area contributed by atoms with E-state index < -0.39 is 28.4 Å². The standard InChI is InChI=1S/C16H15N3O7/c1-3-25-16(22)11-8(2)26-15(12(11)13(17)20)18-14(21)9-6-4-5-7-10(9)19(23)24/h4-7H,3H2,1-2H3,(H2,17,20)(H,18,21). The number of furan rings is 1. The van der Waals surface area contributed by atoms with Crippen molar-refractivity contribution in [3.05, 3.63) is 56.8 Å². The van der Waals surface area contributed by atoms with Gasteiger partial charge >= 0.3 is 5.97 Å². The Morgan fingerprint density at radius 3 is 2.50 bits per heavy atom. The number of ether oxygens (including phenoxy) is 1. The van der Waals surface area contributed by atoms with Gasteiger partial charge in [0.15, 0.2) is 0 Å². The molecule has 136 valence electrons. The van der Waals surface area contributed by atoms with Crippen LogP contribution in [0.1, 0.15) is 43.8 Å². The third kappa shape index (κ3) is 3.53. The van der Waals surface area contributed by atoms with Crippen LogP contribution in [0.25, 0.3) is 0 Å². The zero-order chi connectivity index (χ0) is 19.4. The molecule has 0 saturated heterocycles. The fourth-order valence-corrected chi connectivity index (χ4v) is 2.31. The molecule has 0 radical (unpaired) electrons. The number of nitro groups is 1. The lowest BCUT2D eigenvalue weighted by atomic mass is 10.1. The molecule has 1 aromatic heterocycles. The average molecular weight is 361 g/mol. The maximum absolute atomic E-state index is 12.4. The smallest absolute Gasteiger partial charge is 0.342 e. The predicted molar refractivity (Wildman–Crippen MR) is 89.0 cm³/mol. The summed E-state index contributed by atoms with van der Waals surface area (Å²) < 4.78 is 10.1. The van der Waals surface area contributed by atoms with Gasteiger partial charge in [-0.2, -0.15) is 0 Å². The van der Waals surface area contributed by atoms with Crippen LogP contribution in [0.3, 0.4) is 0 Å². The number of nitrogens with one attached hydrogen (secondary N) is 1. The van der Waals surface area contributed by atoms with Gasteiger partial charge in [0.1, 0.15) is 22.5 Å². The second-order valence-corrected chi connectivity index (χ2v) is 5.05. The molecule has 0 unspecified atom stereocenters. The first-order chi connectivity index (χ1) is 12.3. The summed E-state index contributed by atoms with van der Waals surface area (Å²) in [5.74, 6) is -3.14. The van der Waals surface area contributed by atoms with E-state index in [4.69, 9.17) is 14.9 Å². The Kier molecular flexibility index (Phi) is 5.36. The molecule has 2 aromatic rings. The SMILES string of the molecule is CCOC(=O)c1c(C)oc(NC(=O)c2ccccc2[N+](=O)[O-])c1C(N)=O. The second kappa shape index (κ2) is 7.47. The third-order valence-corrected chi connectivity index (χ3v) is 3.38. The van der Waals surface area contributed by atoms with Gasteiger partial charge < -0.3 is 14.9 Å². The molecule has 0 aliphatic rings. The molecule has 2 rings (SSSR count). The number of amides is 2. The van der Waals surface area contributed by atoms with E-state index in [-0.39, 0.29) is 34.9 Å². The number of carbonyl (C=O) groups excluding carboxylic acids is 3. The van der Waals surface area contributed by atoms with Crippen molar-refractivity contribution in [2.24, 2.45) is 5.73 Å². The van der Waals surface area contributed by atoms with Crippen LogP contribution in [0.5, 0.6) is 0 Å². The van der Waals surface area contributed by atoms with Crippen molar-refractivity contribution < 1.29 is 28.5 Å². The van der Waals surface area contributed by atoms with Gasteiger partial charge in [0.25, 0.3) is 17.5 Å². The first kappa shape index (κ1) is 18.6. The Balaban J connectivity index is 2.46. The topological polar surface area (TPSA) is 155 Å².